The highest BCUT2D eigenvalue weighted by Crippen LogP contribution is 2.29. The Kier molecular flexibility index (Phi) is 7.67. The number of alkyl halides is 3. The van der Waals surface area contributed by atoms with Crippen molar-refractivity contribution in [2.24, 2.45) is 16.6 Å². The fourth-order valence-corrected chi connectivity index (χ4v) is 1.65. The highest BCUT2D eigenvalue weighted by molar-refractivity contribution is 5.93. The van der Waals surface area contributed by atoms with E-state index in [0.29, 0.717) is 32.1 Å². The Hall–Kier alpha value is -1.96. The first-order valence-electron chi connectivity index (χ1n) is 7.27. The van der Waals surface area contributed by atoms with Gasteiger partial charge in [-0.25, -0.2) is 0 Å². The predicted molar refractivity (Wildman–Crippen MR) is 83.5 cm³/mol. The lowest BCUT2D eigenvalue weighted by molar-refractivity contribution is -0.274. The molecular formula is C15H22F3N3O2. The van der Waals surface area contributed by atoms with Gasteiger partial charge in [-0.3, -0.25) is 4.99 Å². The van der Waals surface area contributed by atoms with Gasteiger partial charge in [0.05, 0.1) is 5.69 Å². The molecule has 130 valence electrons. The maximum atomic E-state index is 12.3. The molecule has 0 amide bonds. The van der Waals surface area contributed by atoms with E-state index < -0.39 is 6.36 Å². The molecule has 0 heterocycles. The minimum absolute atomic E-state index is 0.0204. The van der Waals surface area contributed by atoms with Gasteiger partial charge in [0, 0.05) is 19.8 Å². The van der Waals surface area contributed by atoms with Crippen LogP contribution >= 0.6 is 0 Å². The Bertz CT molecular complexity index is 505. The van der Waals surface area contributed by atoms with Crippen molar-refractivity contribution in [3.63, 3.8) is 0 Å². The lowest BCUT2D eigenvalue weighted by Crippen LogP contribution is -2.24. The summed E-state index contributed by atoms with van der Waals surface area (Å²) in [7, 11) is 0. The second-order valence-electron chi connectivity index (χ2n) is 5.26. The summed E-state index contributed by atoms with van der Waals surface area (Å²) < 4.78 is 46.2. The van der Waals surface area contributed by atoms with E-state index in [1.54, 1.807) is 6.07 Å². The third-order valence-corrected chi connectivity index (χ3v) is 2.56. The molecule has 0 aromatic heterocycles. The van der Waals surface area contributed by atoms with Gasteiger partial charge in [0.1, 0.15) is 0 Å². The number of nitrogens with two attached hydrogens (primary N) is 1. The molecule has 0 saturated carbocycles. The Morgan fingerprint density at radius 1 is 1.30 bits per heavy atom. The summed E-state index contributed by atoms with van der Waals surface area (Å²) in [6.07, 6.45) is -4.09. The van der Waals surface area contributed by atoms with Crippen LogP contribution in [0.3, 0.4) is 0 Å². The largest absolute Gasteiger partial charge is 0.573 e. The average Bonchev–Trinajstić information content (AvgIpc) is 2.43. The smallest absolute Gasteiger partial charge is 0.404 e. The summed E-state index contributed by atoms with van der Waals surface area (Å²) in [6, 6.07) is 5.63. The molecule has 0 atom stereocenters. The number of guanidine groups is 1. The minimum Gasteiger partial charge on any atom is -0.404 e. The maximum Gasteiger partial charge on any atom is 0.573 e. The van der Waals surface area contributed by atoms with Crippen LogP contribution in [0.25, 0.3) is 0 Å². The van der Waals surface area contributed by atoms with Gasteiger partial charge in [-0.15, -0.1) is 13.2 Å². The molecule has 0 aliphatic carbocycles. The normalized spacial score (nSPS) is 12.5. The van der Waals surface area contributed by atoms with E-state index in [-0.39, 0.29) is 17.4 Å². The van der Waals surface area contributed by atoms with Crippen LogP contribution in [0.5, 0.6) is 5.75 Å². The maximum absolute atomic E-state index is 12.3. The van der Waals surface area contributed by atoms with Crippen LogP contribution in [0.15, 0.2) is 29.3 Å². The van der Waals surface area contributed by atoms with E-state index in [1.807, 2.05) is 0 Å². The number of halogens is 3. The predicted octanol–water partition coefficient (Wildman–Crippen LogP) is 3.37. The number of nitrogens with one attached hydrogen (secondary N) is 1. The second-order valence-corrected chi connectivity index (χ2v) is 5.26. The molecule has 0 aliphatic rings. The molecule has 0 saturated heterocycles. The van der Waals surface area contributed by atoms with Crippen molar-refractivity contribution in [3.05, 3.63) is 24.3 Å². The molecule has 0 bridgehead atoms. The average molecular weight is 333 g/mol. The molecule has 1 aromatic rings. The third-order valence-electron chi connectivity index (χ3n) is 2.56. The molecule has 0 spiro atoms. The molecule has 0 fully saturated rings. The summed E-state index contributed by atoms with van der Waals surface area (Å²) in [6.45, 7) is 5.77. The summed E-state index contributed by atoms with van der Waals surface area (Å²) in [5.74, 6) is 0.126. The van der Waals surface area contributed by atoms with Gasteiger partial charge in [-0.05, 0) is 24.5 Å². The Morgan fingerprint density at radius 2 is 2.00 bits per heavy atom. The SMILES string of the molecule is CC(C)COCCCN=C(N)Nc1ccccc1OC(F)(F)F. The number of benzene rings is 1. The summed E-state index contributed by atoms with van der Waals surface area (Å²) in [5.41, 5.74) is 5.76. The van der Waals surface area contributed by atoms with Crippen LogP contribution in [-0.4, -0.2) is 32.1 Å². The molecular weight excluding hydrogens is 311 g/mol. The van der Waals surface area contributed by atoms with Gasteiger partial charge in [-0.1, -0.05) is 26.0 Å². The van der Waals surface area contributed by atoms with E-state index in [0.717, 1.165) is 0 Å². The third kappa shape index (κ3) is 8.92. The molecule has 0 radical (unpaired) electrons. The van der Waals surface area contributed by atoms with Gasteiger partial charge < -0.3 is 20.5 Å². The topological polar surface area (TPSA) is 68.9 Å². The van der Waals surface area contributed by atoms with E-state index in [2.05, 4.69) is 28.9 Å². The van der Waals surface area contributed by atoms with Crippen molar-refractivity contribution in [2.75, 3.05) is 25.1 Å². The molecule has 23 heavy (non-hydrogen) atoms. The summed E-state index contributed by atoms with van der Waals surface area (Å²) in [5, 5.41) is 2.60. The molecule has 5 nitrogen and oxygen atoms in total. The lowest BCUT2D eigenvalue weighted by Gasteiger charge is -2.14. The van der Waals surface area contributed by atoms with Crippen molar-refractivity contribution in [2.45, 2.75) is 26.6 Å². The van der Waals surface area contributed by atoms with E-state index in [9.17, 15) is 13.2 Å². The molecule has 0 aliphatic heterocycles. The van der Waals surface area contributed by atoms with Crippen LogP contribution in [0.2, 0.25) is 0 Å². The van der Waals surface area contributed by atoms with E-state index >= 15 is 0 Å². The monoisotopic (exact) mass is 333 g/mol. The molecule has 3 N–H and O–H groups in total. The number of hydrogen-bond acceptors (Lipinski definition) is 3. The number of nitrogens with zero attached hydrogens (tertiary/aromatic N) is 1. The lowest BCUT2D eigenvalue weighted by atomic mass is 10.2. The van der Waals surface area contributed by atoms with Gasteiger partial charge in [-0.2, -0.15) is 0 Å². The van der Waals surface area contributed by atoms with Gasteiger partial charge >= 0.3 is 6.36 Å². The Morgan fingerprint density at radius 3 is 2.65 bits per heavy atom. The summed E-state index contributed by atoms with van der Waals surface area (Å²) >= 11 is 0. The number of aliphatic imine (C=N–C) groups is 1. The van der Waals surface area contributed by atoms with Gasteiger partial charge in [0.15, 0.2) is 11.7 Å². The quantitative estimate of drug-likeness (QED) is 0.435. The van der Waals surface area contributed by atoms with Crippen LogP contribution in [-0.2, 0) is 4.74 Å². The van der Waals surface area contributed by atoms with Crippen LogP contribution in [0.4, 0.5) is 18.9 Å². The zero-order valence-corrected chi connectivity index (χ0v) is 13.2. The fraction of sp³-hybridized carbons (Fsp3) is 0.533. The highest BCUT2D eigenvalue weighted by atomic mass is 19.4. The van der Waals surface area contributed by atoms with Crippen molar-refractivity contribution in [1.29, 1.82) is 0 Å². The molecule has 1 rings (SSSR count). The van der Waals surface area contributed by atoms with Crippen molar-refractivity contribution in [1.82, 2.24) is 0 Å². The molecule has 1 aromatic carbocycles. The standard InChI is InChI=1S/C15H22F3N3O2/c1-11(2)10-22-9-5-8-20-14(19)21-12-6-3-4-7-13(12)23-15(16,17)18/h3-4,6-7,11H,5,8-10H2,1-2H3,(H3,19,20,21). The first kappa shape index (κ1) is 19.1. The van der Waals surface area contributed by atoms with Crippen LogP contribution < -0.4 is 15.8 Å². The number of rotatable bonds is 8. The highest BCUT2D eigenvalue weighted by Gasteiger charge is 2.32. The van der Waals surface area contributed by atoms with E-state index in [4.69, 9.17) is 10.5 Å². The zero-order valence-electron chi connectivity index (χ0n) is 13.2. The first-order chi connectivity index (χ1) is 10.8. The first-order valence-corrected chi connectivity index (χ1v) is 7.27. The number of ether oxygens (including phenoxy) is 2. The van der Waals surface area contributed by atoms with Crippen molar-refractivity contribution in [3.8, 4) is 5.75 Å². The molecule has 0 unspecified atom stereocenters. The minimum atomic E-state index is -4.77. The number of hydrogen-bond donors (Lipinski definition) is 2. The van der Waals surface area contributed by atoms with Gasteiger partial charge in [0.2, 0.25) is 0 Å². The van der Waals surface area contributed by atoms with Crippen LogP contribution in [0.1, 0.15) is 20.3 Å². The number of para-hydroxylation sites is 2. The summed E-state index contributed by atoms with van der Waals surface area (Å²) in [4.78, 5) is 4.04. The Labute approximate surface area is 133 Å². The molecule has 8 heteroatoms. The van der Waals surface area contributed by atoms with Crippen LogP contribution in [0, 0.1) is 5.92 Å². The second kappa shape index (κ2) is 9.24. The van der Waals surface area contributed by atoms with Gasteiger partial charge in [0.25, 0.3) is 0 Å². The number of anilines is 1. The van der Waals surface area contributed by atoms with Crippen molar-refractivity contribution < 1.29 is 22.6 Å². The fourth-order valence-electron chi connectivity index (χ4n) is 1.65. The van der Waals surface area contributed by atoms with E-state index in [1.165, 1.54) is 18.2 Å². The Balaban J connectivity index is 2.47. The zero-order chi connectivity index (χ0) is 17.3. The van der Waals surface area contributed by atoms with Crippen molar-refractivity contribution >= 4 is 11.6 Å².